The Balaban J connectivity index is 2.40. The number of halogens is 4. The summed E-state index contributed by atoms with van der Waals surface area (Å²) in [6.45, 7) is 0.134. The van der Waals surface area contributed by atoms with Crippen LogP contribution in [0, 0.1) is 5.82 Å². The Bertz CT molecular complexity index is 651. The highest BCUT2D eigenvalue weighted by atomic mass is 32.1. The van der Waals surface area contributed by atoms with Crippen LogP contribution >= 0.6 is 11.3 Å². The van der Waals surface area contributed by atoms with Gasteiger partial charge in [0.2, 0.25) is 5.78 Å². The van der Waals surface area contributed by atoms with Gasteiger partial charge < -0.3 is 5.73 Å². The van der Waals surface area contributed by atoms with Crippen LogP contribution in [0.2, 0.25) is 0 Å². The van der Waals surface area contributed by atoms with Gasteiger partial charge in [0.05, 0.1) is 5.56 Å². The number of nitrogens with zero attached hydrogens (tertiary/aromatic N) is 1. The molecule has 0 aliphatic heterocycles. The summed E-state index contributed by atoms with van der Waals surface area (Å²) in [6, 6.07) is 2.10. The van der Waals surface area contributed by atoms with Gasteiger partial charge in [-0.3, -0.25) is 4.79 Å². The Kier molecular flexibility index (Phi) is 3.87. The first kappa shape index (κ1) is 14.6. The zero-order valence-corrected chi connectivity index (χ0v) is 10.7. The second-order valence-corrected chi connectivity index (χ2v) is 4.79. The molecule has 0 amide bonds. The molecule has 8 heteroatoms. The smallest absolute Gasteiger partial charge is 0.325 e. The van der Waals surface area contributed by atoms with Crippen molar-refractivity contribution in [2.75, 3.05) is 0 Å². The summed E-state index contributed by atoms with van der Waals surface area (Å²) in [5, 5.41) is 1.90. The van der Waals surface area contributed by atoms with Gasteiger partial charge in [-0.15, -0.1) is 11.3 Å². The Morgan fingerprint density at radius 1 is 1.35 bits per heavy atom. The lowest BCUT2D eigenvalue weighted by molar-refractivity contribution is -0.140. The predicted octanol–water partition coefficient (Wildman–Crippen LogP) is 2.99. The molecule has 0 aliphatic carbocycles. The van der Waals surface area contributed by atoms with E-state index in [4.69, 9.17) is 5.73 Å². The molecule has 0 unspecified atom stereocenters. The third-order valence-electron chi connectivity index (χ3n) is 2.49. The number of carbonyl (C=O) groups is 1. The summed E-state index contributed by atoms with van der Waals surface area (Å²) in [5.41, 5.74) is 3.59. The molecule has 20 heavy (non-hydrogen) atoms. The molecular formula is C12H8F4N2OS. The minimum absolute atomic E-state index is 0.00446. The zero-order chi connectivity index (χ0) is 14.9. The highest BCUT2D eigenvalue weighted by Gasteiger charge is 2.34. The second-order valence-electron chi connectivity index (χ2n) is 3.85. The van der Waals surface area contributed by atoms with Crippen molar-refractivity contribution in [3.05, 3.63) is 51.2 Å². The maximum atomic E-state index is 13.1. The second kappa shape index (κ2) is 5.29. The number of nitrogens with two attached hydrogens (primary N) is 1. The van der Waals surface area contributed by atoms with Crippen molar-refractivity contribution < 1.29 is 22.4 Å². The largest absolute Gasteiger partial charge is 0.419 e. The molecule has 1 aromatic heterocycles. The molecule has 106 valence electrons. The van der Waals surface area contributed by atoms with E-state index in [1.54, 1.807) is 0 Å². The monoisotopic (exact) mass is 304 g/mol. The molecule has 0 atom stereocenters. The Morgan fingerprint density at radius 2 is 2.05 bits per heavy atom. The average molecular weight is 304 g/mol. The van der Waals surface area contributed by atoms with Gasteiger partial charge in [0.25, 0.3) is 0 Å². The predicted molar refractivity (Wildman–Crippen MR) is 64.8 cm³/mol. The molecule has 3 nitrogen and oxygen atoms in total. The molecule has 0 radical (unpaired) electrons. The number of aromatic nitrogens is 1. The third-order valence-corrected chi connectivity index (χ3v) is 3.36. The number of ketones is 1. The van der Waals surface area contributed by atoms with E-state index in [0.29, 0.717) is 17.1 Å². The lowest BCUT2D eigenvalue weighted by atomic mass is 10.0. The van der Waals surface area contributed by atoms with Crippen LogP contribution in [0.4, 0.5) is 17.6 Å². The van der Waals surface area contributed by atoms with Gasteiger partial charge in [-0.2, -0.15) is 13.2 Å². The van der Waals surface area contributed by atoms with Crippen LogP contribution in [0.15, 0.2) is 23.6 Å². The van der Waals surface area contributed by atoms with E-state index in [9.17, 15) is 22.4 Å². The van der Waals surface area contributed by atoms with Gasteiger partial charge in [-0.05, 0) is 18.2 Å². The Morgan fingerprint density at radius 3 is 2.60 bits per heavy atom. The Labute approximate surface area is 115 Å². The summed E-state index contributed by atoms with van der Waals surface area (Å²) >= 11 is 1.13. The van der Waals surface area contributed by atoms with E-state index in [1.807, 2.05) is 0 Å². The highest BCUT2D eigenvalue weighted by molar-refractivity contribution is 7.09. The summed E-state index contributed by atoms with van der Waals surface area (Å²) < 4.78 is 50.8. The number of alkyl halides is 3. The number of rotatable bonds is 3. The standard InChI is InChI=1S/C12H8F4N2OS/c13-8-2-1-6(3-7(8)12(14,15)16)11(19)9-5-20-10(4-17)18-9/h1-3,5H,4,17H2. The van der Waals surface area contributed by atoms with Crippen LogP contribution in [0.1, 0.15) is 26.6 Å². The summed E-state index contributed by atoms with van der Waals surface area (Å²) in [4.78, 5) is 15.9. The van der Waals surface area contributed by atoms with Gasteiger partial charge in [0, 0.05) is 17.5 Å². The normalized spacial score (nSPS) is 11.7. The number of benzene rings is 1. The van der Waals surface area contributed by atoms with Gasteiger partial charge in [-0.25, -0.2) is 9.37 Å². The van der Waals surface area contributed by atoms with E-state index in [1.165, 1.54) is 5.38 Å². The molecule has 2 N–H and O–H groups in total. The van der Waals surface area contributed by atoms with Crippen LogP contribution in [0.3, 0.4) is 0 Å². The number of thiazole rings is 1. The van der Waals surface area contributed by atoms with Crippen molar-refractivity contribution in [3.8, 4) is 0 Å². The summed E-state index contributed by atoms with van der Waals surface area (Å²) in [6.07, 6.45) is -4.86. The number of hydrogen-bond acceptors (Lipinski definition) is 4. The van der Waals surface area contributed by atoms with Crippen molar-refractivity contribution in [2.45, 2.75) is 12.7 Å². The fourth-order valence-corrected chi connectivity index (χ4v) is 2.20. The van der Waals surface area contributed by atoms with Crippen LogP contribution in [0.25, 0.3) is 0 Å². The zero-order valence-electron chi connectivity index (χ0n) is 9.87. The van der Waals surface area contributed by atoms with Gasteiger partial charge >= 0.3 is 6.18 Å². The van der Waals surface area contributed by atoms with Gasteiger partial charge in [-0.1, -0.05) is 0 Å². The van der Waals surface area contributed by atoms with Crippen LogP contribution in [-0.2, 0) is 12.7 Å². The minimum Gasteiger partial charge on any atom is -0.325 e. The summed E-state index contributed by atoms with van der Waals surface area (Å²) in [7, 11) is 0. The molecule has 1 aromatic carbocycles. The molecule has 1 heterocycles. The first-order chi connectivity index (χ1) is 9.32. The van der Waals surface area contributed by atoms with E-state index in [-0.39, 0.29) is 17.8 Å². The molecule has 0 spiro atoms. The SMILES string of the molecule is NCc1nc(C(=O)c2ccc(F)c(C(F)(F)F)c2)cs1. The quantitative estimate of drug-likeness (QED) is 0.700. The third kappa shape index (κ3) is 2.86. The molecular weight excluding hydrogens is 296 g/mol. The topological polar surface area (TPSA) is 56.0 Å². The molecule has 0 aliphatic rings. The van der Waals surface area contributed by atoms with Crippen LogP contribution in [0.5, 0.6) is 0 Å². The van der Waals surface area contributed by atoms with E-state index in [0.717, 1.165) is 17.4 Å². The lowest BCUT2D eigenvalue weighted by Crippen LogP contribution is -2.11. The van der Waals surface area contributed by atoms with Crippen molar-refractivity contribution >= 4 is 17.1 Å². The maximum Gasteiger partial charge on any atom is 0.419 e. The fourth-order valence-electron chi connectivity index (χ4n) is 1.54. The van der Waals surface area contributed by atoms with Crippen LogP contribution < -0.4 is 5.73 Å². The molecule has 2 rings (SSSR count). The van der Waals surface area contributed by atoms with Gasteiger partial charge in [0.15, 0.2) is 0 Å². The molecule has 0 saturated heterocycles. The fraction of sp³-hybridized carbons (Fsp3) is 0.167. The first-order valence-electron chi connectivity index (χ1n) is 5.39. The van der Waals surface area contributed by atoms with Gasteiger partial charge in [0.1, 0.15) is 16.5 Å². The van der Waals surface area contributed by atoms with Crippen LogP contribution in [-0.4, -0.2) is 10.8 Å². The molecule has 2 aromatic rings. The van der Waals surface area contributed by atoms with E-state index >= 15 is 0 Å². The van der Waals surface area contributed by atoms with Crippen molar-refractivity contribution in [1.82, 2.24) is 4.98 Å². The van der Waals surface area contributed by atoms with Crippen molar-refractivity contribution in [3.63, 3.8) is 0 Å². The number of hydrogen-bond donors (Lipinski definition) is 1. The summed E-state index contributed by atoms with van der Waals surface area (Å²) in [5.74, 6) is -2.12. The molecule has 0 fully saturated rings. The van der Waals surface area contributed by atoms with Crippen molar-refractivity contribution in [1.29, 1.82) is 0 Å². The first-order valence-corrected chi connectivity index (χ1v) is 6.27. The minimum atomic E-state index is -4.86. The molecule has 0 bridgehead atoms. The van der Waals surface area contributed by atoms with Crippen molar-refractivity contribution in [2.24, 2.45) is 5.73 Å². The van der Waals surface area contributed by atoms with E-state index in [2.05, 4.69) is 4.98 Å². The Hall–Kier alpha value is -1.80. The number of carbonyl (C=O) groups excluding carboxylic acids is 1. The van der Waals surface area contributed by atoms with E-state index < -0.39 is 23.3 Å². The molecule has 0 saturated carbocycles. The maximum absolute atomic E-state index is 13.1. The highest BCUT2D eigenvalue weighted by Crippen LogP contribution is 2.32. The average Bonchev–Trinajstić information content (AvgIpc) is 2.86. The lowest BCUT2D eigenvalue weighted by Gasteiger charge is -2.09.